The Labute approximate surface area is 134 Å². The quantitative estimate of drug-likeness (QED) is 0.613. The molecule has 1 N–H and O–H groups in total. The number of hydrogen-bond acceptors (Lipinski definition) is 4. The maximum Gasteiger partial charge on any atom is 0.278 e. The van der Waals surface area contributed by atoms with Gasteiger partial charge in [-0.2, -0.15) is 12.7 Å². The van der Waals surface area contributed by atoms with Gasteiger partial charge in [0, 0.05) is 33.7 Å². The Morgan fingerprint density at radius 2 is 1.82 bits per heavy atom. The van der Waals surface area contributed by atoms with E-state index in [-0.39, 0.29) is 13.1 Å². The molecule has 1 rings (SSSR count). The molecule has 0 saturated carbocycles. The van der Waals surface area contributed by atoms with Gasteiger partial charge in [-0.25, -0.2) is 17.4 Å². The van der Waals surface area contributed by atoms with Crippen LogP contribution in [0.1, 0.15) is 32.1 Å². The first-order valence-corrected chi connectivity index (χ1v) is 10.7. The van der Waals surface area contributed by atoms with Gasteiger partial charge in [0.2, 0.25) is 10.0 Å². The van der Waals surface area contributed by atoms with Gasteiger partial charge in [-0.05, 0) is 32.1 Å². The van der Waals surface area contributed by atoms with Crippen LogP contribution in [0.3, 0.4) is 0 Å². The molecule has 130 valence electrons. The highest BCUT2D eigenvalue weighted by Gasteiger charge is 2.19. The summed E-state index contributed by atoms with van der Waals surface area (Å²) in [6.07, 6.45) is 8.52. The second-order valence-corrected chi connectivity index (χ2v) is 9.65. The van der Waals surface area contributed by atoms with E-state index in [2.05, 4.69) is 10.8 Å². The van der Waals surface area contributed by atoms with Gasteiger partial charge >= 0.3 is 0 Å². The van der Waals surface area contributed by atoms with Crippen molar-refractivity contribution in [1.82, 2.24) is 13.3 Å². The van der Waals surface area contributed by atoms with Gasteiger partial charge < -0.3 is 0 Å². The number of nitrogens with one attached hydrogen (secondary N) is 1. The number of allylic oxidation sites excluding steroid dienone is 1. The summed E-state index contributed by atoms with van der Waals surface area (Å²) >= 11 is 0. The Hall–Kier alpha value is -0.480. The van der Waals surface area contributed by atoms with Gasteiger partial charge in [0.1, 0.15) is 0 Å². The summed E-state index contributed by atoms with van der Waals surface area (Å²) in [7, 11) is -4.02. The van der Waals surface area contributed by atoms with Crippen LogP contribution in [0.4, 0.5) is 0 Å². The summed E-state index contributed by atoms with van der Waals surface area (Å²) in [5.41, 5.74) is 1.30. The van der Waals surface area contributed by atoms with Crippen LogP contribution in [0.15, 0.2) is 11.6 Å². The third-order valence-corrected chi connectivity index (χ3v) is 6.50. The predicted molar refractivity (Wildman–Crippen MR) is 88.2 cm³/mol. The van der Waals surface area contributed by atoms with E-state index in [4.69, 9.17) is 0 Å². The third-order valence-electron chi connectivity index (χ3n) is 3.66. The minimum absolute atomic E-state index is 0.0621. The van der Waals surface area contributed by atoms with Crippen molar-refractivity contribution < 1.29 is 16.8 Å². The fraction of sp³-hybridized carbons (Fsp3) is 0.846. The first-order chi connectivity index (χ1) is 10.1. The molecule has 0 atom stereocenters. The van der Waals surface area contributed by atoms with Crippen molar-refractivity contribution in [2.45, 2.75) is 32.1 Å². The van der Waals surface area contributed by atoms with Crippen molar-refractivity contribution >= 4 is 20.2 Å². The van der Waals surface area contributed by atoms with Crippen LogP contribution in [0.5, 0.6) is 0 Å². The molecule has 1 aliphatic rings. The molecule has 0 amide bonds. The maximum absolute atomic E-state index is 11.8. The van der Waals surface area contributed by atoms with Crippen molar-refractivity contribution in [3.8, 4) is 0 Å². The zero-order chi connectivity index (χ0) is 16.8. The molecule has 0 fully saturated rings. The first kappa shape index (κ1) is 19.6. The second-order valence-electron chi connectivity index (χ2n) is 5.70. The summed E-state index contributed by atoms with van der Waals surface area (Å²) in [6.45, 7) is 0.597. The summed E-state index contributed by atoms with van der Waals surface area (Å²) in [6, 6.07) is 0. The zero-order valence-corrected chi connectivity index (χ0v) is 15.2. The summed E-state index contributed by atoms with van der Waals surface area (Å²) in [5.74, 6) is 0. The van der Waals surface area contributed by atoms with Crippen LogP contribution in [-0.2, 0) is 20.2 Å². The minimum atomic E-state index is -3.52. The zero-order valence-electron chi connectivity index (χ0n) is 13.6. The SMILES string of the molecule is CN(C)S(=O)(=O)NCCN(CCC1=CCCCC1)S(C)(=O)=O. The average Bonchev–Trinajstić information content (AvgIpc) is 2.42. The summed E-state index contributed by atoms with van der Waals surface area (Å²) < 4.78 is 51.6. The Bertz CT molecular complexity index is 582. The summed E-state index contributed by atoms with van der Waals surface area (Å²) in [4.78, 5) is 0. The van der Waals surface area contributed by atoms with Gasteiger partial charge in [-0.15, -0.1) is 0 Å². The molecule has 22 heavy (non-hydrogen) atoms. The standard InChI is InChI=1S/C13H27N3O4S2/c1-15(2)22(19,20)14-10-12-16(21(3,17)18)11-9-13-7-5-4-6-8-13/h7,14H,4-6,8-12H2,1-3H3. The Kier molecular flexibility index (Phi) is 7.47. The highest BCUT2D eigenvalue weighted by Crippen LogP contribution is 2.20. The monoisotopic (exact) mass is 353 g/mol. The van der Waals surface area contributed by atoms with Gasteiger partial charge in [0.15, 0.2) is 0 Å². The van der Waals surface area contributed by atoms with Gasteiger partial charge in [-0.1, -0.05) is 11.6 Å². The van der Waals surface area contributed by atoms with Crippen molar-refractivity contribution in [2.75, 3.05) is 40.0 Å². The summed E-state index contributed by atoms with van der Waals surface area (Å²) in [5, 5.41) is 0. The molecule has 0 aromatic rings. The van der Waals surface area contributed by atoms with E-state index >= 15 is 0 Å². The highest BCUT2D eigenvalue weighted by atomic mass is 32.2. The van der Waals surface area contributed by atoms with E-state index in [0.717, 1.165) is 29.8 Å². The van der Waals surface area contributed by atoms with E-state index in [1.165, 1.54) is 30.4 Å². The van der Waals surface area contributed by atoms with Crippen molar-refractivity contribution in [3.63, 3.8) is 0 Å². The molecule has 0 bridgehead atoms. The van der Waals surface area contributed by atoms with E-state index < -0.39 is 20.2 Å². The Morgan fingerprint density at radius 3 is 2.32 bits per heavy atom. The number of sulfonamides is 1. The molecule has 0 saturated heterocycles. The molecule has 0 aromatic heterocycles. The Morgan fingerprint density at radius 1 is 1.14 bits per heavy atom. The number of nitrogens with zero attached hydrogens (tertiary/aromatic N) is 2. The average molecular weight is 354 g/mol. The number of rotatable bonds is 9. The largest absolute Gasteiger partial charge is 0.278 e. The van der Waals surface area contributed by atoms with Crippen molar-refractivity contribution in [2.24, 2.45) is 0 Å². The topological polar surface area (TPSA) is 86.8 Å². The van der Waals surface area contributed by atoms with Crippen LogP contribution >= 0.6 is 0 Å². The molecular formula is C13H27N3O4S2. The van der Waals surface area contributed by atoms with Crippen LogP contribution in [0.25, 0.3) is 0 Å². The van der Waals surface area contributed by atoms with Crippen LogP contribution in [0.2, 0.25) is 0 Å². The smallest absolute Gasteiger partial charge is 0.213 e. The first-order valence-electron chi connectivity index (χ1n) is 7.43. The second kappa shape index (κ2) is 8.39. The molecule has 1 aliphatic carbocycles. The lowest BCUT2D eigenvalue weighted by atomic mass is 9.97. The minimum Gasteiger partial charge on any atom is -0.213 e. The predicted octanol–water partition coefficient (Wildman–Crippen LogP) is 0.535. The van der Waals surface area contributed by atoms with Crippen LogP contribution < -0.4 is 4.72 Å². The molecular weight excluding hydrogens is 326 g/mol. The van der Waals surface area contributed by atoms with Crippen LogP contribution in [-0.4, -0.2) is 65.4 Å². The molecule has 0 heterocycles. The maximum atomic E-state index is 11.8. The third kappa shape index (κ3) is 6.74. The Balaban J connectivity index is 2.53. The molecule has 0 spiro atoms. The lowest BCUT2D eigenvalue weighted by Gasteiger charge is -2.22. The normalized spacial score (nSPS) is 17.0. The van der Waals surface area contributed by atoms with Gasteiger partial charge in [0.25, 0.3) is 10.2 Å². The molecule has 0 unspecified atom stereocenters. The molecule has 7 nitrogen and oxygen atoms in total. The van der Waals surface area contributed by atoms with Gasteiger partial charge in [-0.3, -0.25) is 0 Å². The molecule has 9 heteroatoms. The van der Waals surface area contributed by atoms with Crippen molar-refractivity contribution in [3.05, 3.63) is 11.6 Å². The van der Waals surface area contributed by atoms with Gasteiger partial charge in [0.05, 0.1) is 6.26 Å². The number of hydrogen-bond donors (Lipinski definition) is 1. The fourth-order valence-electron chi connectivity index (χ4n) is 2.27. The lowest BCUT2D eigenvalue weighted by molar-refractivity contribution is 0.413. The highest BCUT2D eigenvalue weighted by molar-refractivity contribution is 7.88. The van der Waals surface area contributed by atoms with E-state index in [9.17, 15) is 16.8 Å². The van der Waals surface area contributed by atoms with E-state index in [1.54, 1.807) is 0 Å². The van der Waals surface area contributed by atoms with E-state index in [1.807, 2.05) is 0 Å². The molecule has 0 radical (unpaired) electrons. The molecule has 0 aliphatic heterocycles. The van der Waals surface area contributed by atoms with Crippen molar-refractivity contribution in [1.29, 1.82) is 0 Å². The fourth-order valence-corrected chi connectivity index (χ4v) is 3.73. The molecule has 0 aromatic carbocycles. The lowest BCUT2D eigenvalue weighted by Crippen LogP contribution is -2.42. The van der Waals surface area contributed by atoms with E-state index in [0.29, 0.717) is 13.0 Å². The van der Waals surface area contributed by atoms with Crippen LogP contribution in [0, 0.1) is 0 Å².